The minimum absolute atomic E-state index is 0. The Morgan fingerprint density at radius 2 is 1.46 bits per heavy atom. The number of hydrogen-bond acceptors (Lipinski definition) is 0. The van der Waals surface area contributed by atoms with Gasteiger partial charge >= 0.3 is 0 Å². The molecule has 0 fully saturated rings. The van der Waals surface area contributed by atoms with Gasteiger partial charge in [0.1, 0.15) is 0 Å². The molecule has 0 saturated heterocycles. The second-order valence-corrected chi connectivity index (χ2v) is 7.96. The van der Waals surface area contributed by atoms with Crippen LogP contribution in [0.15, 0.2) is 96.6 Å². The molecule has 3 rings (SSSR count). The number of hydrogen-bond donors (Lipinski definition) is 0. The lowest BCUT2D eigenvalue weighted by Crippen LogP contribution is -2.11. The molecule has 0 spiro atoms. The van der Waals surface area contributed by atoms with Crippen LogP contribution in [0.2, 0.25) is 0 Å². The summed E-state index contributed by atoms with van der Waals surface area (Å²) in [6.45, 7) is 11.3. The molecule has 0 amide bonds. The first-order valence-corrected chi connectivity index (χ1v) is 9.76. The molecule has 2 aromatic carbocycles. The van der Waals surface area contributed by atoms with Crippen LogP contribution in [-0.2, 0) is 0 Å². The number of allylic oxidation sites excluding steroid dienone is 7. The Balaban J connectivity index is 0.00000280. The van der Waals surface area contributed by atoms with E-state index in [-0.39, 0.29) is 12.8 Å². The first-order chi connectivity index (χ1) is 13.0. The molecule has 0 atom stereocenters. The maximum Gasteiger partial charge on any atom is 0.0998 e. The molecule has 0 aromatic heterocycles. The quantitative estimate of drug-likeness (QED) is 0.449. The van der Waals surface area contributed by atoms with Crippen molar-refractivity contribution in [2.24, 2.45) is 5.41 Å². The van der Waals surface area contributed by atoms with Crippen LogP contribution < -0.4 is 0 Å². The largest absolute Gasteiger partial charge is 0.0998 e. The Kier molecular flexibility index (Phi) is 7.29. The maximum atomic E-state index is 4.29. The van der Waals surface area contributed by atoms with E-state index < -0.39 is 0 Å². The first kappa shape index (κ1) is 21.6. The number of rotatable bonds is 6. The van der Waals surface area contributed by atoms with E-state index in [1.54, 1.807) is 0 Å². The van der Waals surface area contributed by atoms with E-state index in [9.17, 15) is 0 Å². The van der Waals surface area contributed by atoms with Gasteiger partial charge in [-0.2, -0.15) is 0 Å². The molecule has 0 nitrogen and oxygen atoms in total. The topological polar surface area (TPSA) is 0 Å². The van der Waals surface area contributed by atoms with Crippen LogP contribution in [0.5, 0.6) is 0 Å². The molecule has 0 bridgehead atoms. The van der Waals surface area contributed by atoms with E-state index in [0.29, 0.717) is 0 Å². The Morgan fingerprint density at radius 3 is 1.96 bits per heavy atom. The van der Waals surface area contributed by atoms with E-state index in [0.717, 1.165) is 18.4 Å². The van der Waals surface area contributed by atoms with Crippen LogP contribution in [0.4, 0.5) is 0 Å². The predicted octanol–water partition coefficient (Wildman–Crippen LogP) is 8.32. The SMILES string of the molecule is C.C=C(C1=C[CH+]C(=C(CC(C)(C)CC)c2ccccc2)C=C1)c1ccccc1. The van der Waals surface area contributed by atoms with Gasteiger partial charge in [-0.1, -0.05) is 83.3 Å². The first-order valence-electron chi connectivity index (χ1n) is 9.76. The van der Waals surface area contributed by atoms with E-state index >= 15 is 0 Å². The minimum Gasteiger partial charge on any atom is -0.0805 e. The summed E-state index contributed by atoms with van der Waals surface area (Å²) >= 11 is 0. The van der Waals surface area contributed by atoms with Gasteiger partial charge in [0.25, 0.3) is 0 Å². The summed E-state index contributed by atoms with van der Waals surface area (Å²) in [5.74, 6) is 0. The Labute approximate surface area is 172 Å². The van der Waals surface area contributed by atoms with Crippen molar-refractivity contribution < 1.29 is 0 Å². The summed E-state index contributed by atoms with van der Waals surface area (Å²) in [5, 5.41) is 0. The zero-order valence-corrected chi connectivity index (χ0v) is 16.7. The van der Waals surface area contributed by atoms with Crippen molar-refractivity contribution in [3.8, 4) is 0 Å². The average molecular weight is 370 g/mol. The monoisotopic (exact) mass is 369 g/mol. The van der Waals surface area contributed by atoms with Crippen LogP contribution >= 0.6 is 0 Å². The van der Waals surface area contributed by atoms with Crippen LogP contribution in [0, 0.1) is 11.8 Å². The summed E-state index contributed by atoms with van der Waals surface area (Å²) in [7, 11) is 0. The van der Waals surface area contributed by atoms with Crippen LogP contribution in [0.25, 0.3) is 11.1 Å². The molecule has 0 unspecified atom stereocenters. The van der Waals surface area contributed by atoms with Gasteiger partial charge in [-0.3, -0.25) is 0 Å². The number of benzene rings is 2. The molecular weight excluding hydrogens is 336 g/mol. The Hall–Kier alpha value is -2.73. The molecule has 0 radical (unpaired) electrons. The molecule has 0 aliphatic heterocycles. The highest BCUT2D eigenvalue weighted by Gasteiger charge is 2.25. The van der Waals surface area contributed by atoms with E-state index in [1.165, 1.54) is 27.8 Å². The molecule has 0 N–H and O–H groups in total. The molecule has 1 aliphatic rings. The van der Waals surface area contributed by atoms with Crippen molar-refractivity contribution in [1.29, 1.82) is 0 Å². The molecule has 28 heavy (non-hydrogen) atoms. The van der Waals surface area contributed by atoms with Crippen LogP contribution in [0.3, 0.4) is 0 Å². The highest BCUT2D eigenvalue weighted by molar-refractivity contribution is 5.83. The van der Waals surface area contributed by atoms with E-state index in [4.69, 9.17) is 0 Å². The molecule has 144 valence electrons. The third kappa shape index (κ3) is 5.16. The normalized spacial score (nSPS) is 15.2. The smallest absolute Gasteiger partial charge is 0.0805 e. The molecular formula is C28H33+. The van der Waals surface area contributed by atoms with Crippen molar-refractivity contribution >= 4 is 11.1 Å². The zero-order chi connectivity index (χ0) is 19.3. The van der Waals surface area contributed by atoms with Gasteiger partial charge < -0.3 is 0 Å². The fraction of sp³-hybridized carbons (Fsp3) is 0.250. The fourth-order valence-corrected chi connectivity index (χ4v) is 3.29. The van der Waals surface area contributed by atoms with E-state index in [2.05, 4.69) is 107 Å². The summed E-state index contributed by atoms with van der Waals surface area (Å²) in [4.78, 5) is 0. The van der Waals surface area contributed by atoms with Crippen molar-refractivity contribution in [1.82, 2.24) is 0 Å². The lowest BCUT2D eigenvalue weighted by atomic mass is 9.78. The maximum absolute atomic E-state index is 4.29. The van der Waals surface area contributed by atoms with Crippen molar-refractivity contribution in [2.75, 3.05) is 0 Å². The Bertz CT molecular complexity index is 874. The molecule has 2 aromatic rings. The third-order valence-corrected chi connectivity index (χ3v) is 5.44. The van der Waals surface area contributed by atoms with Gasteiger partial charge in [0, 0.05) is 47.8 Å². The highest BCUT2D eigenvalue weighted by atomic mass is 14.3. The van der Waals surface area contributed by atoms with Gasteiger partial charge in [0.15, 0.2) is 0 Å². The lowest BCUT2D eigenvalue weighted by molar-refractivity contribution is 0.362. The lowest BCUT2D eigenvalue weighted by Gasteiger charge is -2.23. The fourth-order valence-electron chi connectivity index (χ4n) is 3.29. The van der Waals surface area contributed by atoms with Gasteiger partial charge in [0.2, 0.25) is 0 Å². The molecule has 1 aliphatic carbocycles. The predicted molar refractivity (Wildman–Crippen MR) is 126 cm³/mol. The van der Waals surface area contributed by atoms with Gasteiger partial charge in [-0.05, 0) is 29.5 Å². The Morgan fingerprint density at radius 1 is 0.893 bits per heavy atom. The molecule has 0 saturated carbocycles. The second-order valence-electron chi connectivity index (χ2n) is 7.96. The summed E-state index contributed by atoms with van der Waals surface area (Å²) in [6.07, 6.45) is 11.1. The highest BCUT2D eigenvalue weighted by Crippen LogP contribution is 2.38. The summed E-state index contributed by atoms with van der Waals surface area (Å²) in [6, 6.07) is 21.2. The van der Waals surface area contributed by atoms with Crippen molar-refractivity contribution in [3.05, 3.63) is 114 Å². The van der Waals surface area contributed by atoms with Gasteiger partial charge in [-0.15, -0.1) is 0 Å². The molecule has 0 heteroatoms. The van der Waals surface area contributed by atoms with Crippen molar-refractivity contribution in [2.45, 2.75) is 41.0 Å². The van der Waals surface area contributed by atoms with E-state index in [1.807, 2.05) is 6.07 Å². The summed E-state index contributed by atoms with van der Waals surface area (Å²) in [5.41, 5.74) is 7.71. The molecule has 0 heterocycles. The van der Waals surface area contributed by atoms with Gasteiger partial charge in [0.05, 0.1) is 11.1 Å². The van der Waals surface area contributed by atoms with Crippen LogP contribution in [-0.4, -0.2) is 0 Å². The third-order valence-electron chi connectivity index (χ3n) is 5.44. The zero-order valence-electron chi connectivity index (χ0n) is 16.7. The summed E-state index contributed by atoms with van der Waals surface area (Å²) < 4.78 is 0. The van der Waals surface area contributed by atoms with Crippen LogP contribution in [0.1, 0.15) is 52.2 Å². The van der Waals surface area contributed by atoms with Gasteiger partial charge in [-0.25, -0.2) is 0 Å². The average Bonchev–Trinajstić information content (AvgIpc) is 2.73. The standard InChI is InChI=1S/C27H29.CH4/c1-5-27(3,4)20-26(24-14-10-7-11-15-24)25-18-16-23(17-19-25)21(2)22-12-8-6-9-13-22;/h6-19H,2,5,20H2,1,3-4H3;1H4/q+1;. The van der Waals surface area contributed by atoms with Crippen molar-refractivity contribution in [3.63, 3.8) is 0 Å². The minimum atomic E-state index is 0. The second kappa shape index (κ2) is 9.46.